The van der Waals surface area contributed by atoms with Gasteiger partial charge in [0.05, 0.1) is 36.3 Å². The fourth-order valence-electron chi connectivity index (χ4n) is 3.74. The summed E-state index contributed by atoms with van der Waals surface area (Å²) in [7, 11) is 1.54. The maximum Gasteiger partial charge on any atom is 0.312 e. The van der Waals surface area contributed by atoms with E-state index in [0.717, 1.165) is 27.7 Å². The smallest absolute Gasteiger partial charge is 0.312 e. The van der Waals surface area contributed by atoms with Crippen LogP contribution in [0.2, 0.25) is 0 Å². The van der Waals surface area contributed by atoms with E-state index in [1.165, 1.54) is 7.11 Å². The number of ether oxygens (including phenoxy) is 1. The van der Waals surface area contributed by atoms with Crippen molar-refractivity contribution in [2.24, 2.45) is 5.73 Å². The van der Waals surface area contributed by atoms with Crippen LogP contribution in [0.5, 0.6) is 5.75 Å². The monoisotopic (exact) mass is 443 g/mol. The van der Waals surface area contributed by atoms with Crippen LogP contribution in [0.3, 0.4) is 0 Å². The fraction of sp³-hybridized carbons (Fsp3) is 0.160. The normalized spacial score (nSPS) is 11.7. The molecular formula is C25H25N5O3. The third kappa shape index (κ3) is 5.12. The molecule has 3 aromatic carbocycles. The van der Waals surface area contributed by atoms with Gasteiger partial charge in [0.15, 0.2) is 0 Å². The number of hydrogen-bond donors (Lipinski definition) is 4. The lowest BCUT2D eigenvalue weighted by Crippen LogP contribution is -2.35. The highest BCUT2D eigenvalue weighted by atomic mass is 16.5. The highest BCUT2D eigenvalue weighted by Gasteiger charge is 2.19. The summed E-state index contributed by atoms with van der Waals surface area (Å²) in [5.41, 5.74) is 10.2. The number of fused-ring (bicyclic) bond motifs is 1. The molecule has 0 radical (unpaired) electrons. The number of nitrogens with one attached hydrogen (secondary N) is 3. The number of aromatic amines is 1. The number of H-pyrrole nitrogens is 1. The Labute approximate surface area is 191 Å². The van der Waals surface area contributed by atoms with E-state index in [2.05, 4.69) is 20.6 Å². The molecule has 4 aromatic rings. The highest BCUT2D eigenvalue weighted by molar-refractivity contribution is 5.94. The Balaban J connectivity index is 1.58. The van der Waals surface area contributed by atoms with Crippen molar-refractivity contribution in [3.63, 3.8) is 0 Å². The Kier molecular flexibility index (Phi) is 6.26. The molecule has 0 aliphatic rings. The molecule has 4 rings (SSSR count). The summed E-state index contributed by atoms with van der Waals surface area (Å²) in [6.45, 7) is 1.94. The van der Waals surface area contributed by atoms with Gasteiger partial charge in [0.1, 0.15) is 11.6 Å². The molecule has 168 valence electrons. The lowest BCUT2D eigenvalue weighted by molar-refractivity contribution is -0.116. The molecule has 8 heteroatoms. The lowest BCUT2D eigenvalue weighted by atomic mass is 10.0. The van der Waals surface area contributed by atoms with Crippen molar-refractivity contribution >= 4 is 28.7 Å². The van der Waals surface area contributed by atoms with Crippen LogP contribution in [0, 0.1) is 6.92 Å². The fourth-order valence-corrected chi connectivity index (χ4v) is 3.74. The quantitative estimate of drug-likeness (QED) is 0.340. The first kappa shape index (κ1) is 21.9. The summed E-state index contributed by atoms with van der Waals surface area (Å²) in [5.74, 6) is 0.899. The average molecular weight is 444 g/mol. The van der Waals surface area contributed by atoms with Crippen LogP contribution in [0.4, 0.5) is 10.5 Å². The molecule has 0 saturated heterocycles. The van der Waals surface area contributed by atoms with E-state index >= 15 is 0 Å². The number of para-hydroxylation sites is 2. The van der Waals surface area contributed by atoms with Crippen molar-refractivity contribution in [1.82, 2.24) is 15.3 Å². The van der Waals surface area contributed by atoms with Gasteiger partial charge in [0.2, 0.25) is 5.91 Å². The predicted octanol–water partition coefficient (Wildman–Crippen LogP) is 4.29. The zero-order valence-electron chi connectivity index (χ0n) is 18.4. The number of carbonyl (C=O) groups excluding carboxylic acids is 2. The minimum Gasteiger partial charge on any atom is -0.495 e. The van der Waals surface area contributed by atoms with Gasteiger partial charge in [-0.2, -0.15) is 0 Å². The minimum atomic E-state index is -0.696. The van der Waals surface area contributed by atoms with Crippen molar-refractivity contribution in [2.75, 3.05) is 12.4 Å². The zero-order valence-corrected chi connectivity index (χ0v) is 18.4. The van der Waals surface area contributed by atoms with Crippen molar-refractivity contribution in [2.45, 2.75) is 19.4 Å². The van der Waals surface area contributed by atoms with Crippen molar-refractivity contribution in [3.8, 4) is 17.1 Å². The Bertz CT molecular complexity index is 1280. The largest absolute Gasteiger partial charge is 0.495 e. The first-order valence-corrected chi connectivity index (χ1v) is 10.5. The summed E-state index contributed by atoms with van der Waals surface area (Å²) in [6, 6.07) is 19.5. The topological polar surface area (TPSA) is 122 Å². The molecule has 0 saturated carbocycles. The lowest BCUT2D eigenvalue weighted by Gasteiger charge is -2.19. The van der Waals surface area contributed by atoms with Crippen LogP contribution >= 0.6 is 0 Å². The van der Waals surface area contributed by atoms with Crippen LogP contribution in [-0.2, 0) is 4.79 Å². The number of carbonyl (C=O) groups is 2. The number of aryl methyl sites for hydroxylation is 1. The first-order chi connectivity index (χ1) is 15.9. The Morgan fingerprint density at radius 2 is 1.91 bits per heavy atom. The van der Waals surface area contributed by atoms with E-state index in [1.807, 2.05) is 61.5 Å². The second kappa shape index (κ2) is 9.44. The second-order valence-electron chi connectivity index (χ2n) is 7.75. The average Bonchev–Trinajstić information content (AvgIpc) is 3.22. The minimum absolute atomic E-state index is 0.00438. The molecule has 0 aliphatic heterocycles. The highest BCUT2D eigenvalue weighted by Crippen LogP contribution is 2.31. The summed E-state index contributed by atoms with van der Waals surface area (Å²) in [6.07, 6.45) is 0.00438. The number of anilines is 1. The molecule has 3 amide bonds. The molecule has 33 heavy (non-hydrogen) atoms. The third-order valence-corrected chi connectivity index (χ3v) is 5.29. The number of primary amides is 1. The number of urea groups is 1. The molecule has 0 bridgehead atoms. The number of benzene rings is 3. The van der Waals surface area contributed by atoms with E-state index in [0.29, 0.717) is 17.3 Å². The zero-order chi connectivity index (χ0) is 23.4. The molecule has 0 aliphatic carbocycles. The van der Waals surface area contributed by atoms with Gasteiger partial charge < -0.3 is 26.1 Å². The molecule has 1 atom stereocenters. The number of hydrogen-bond acceptors (Lipinski definition) is 4. The van der Waals surface area contributed by atoms with Crippen molar-refractivity contribution in [3.05, 3.63) is 77.9 Å². The number of methoxy groups -OCH3 is 1. The molecule has 1 aromatic heterocycles. The van der Waals surface area contributed by atoms with Gasteiger partial charge >= 0.3 is 6.03 Å². The summed E-state index contributed by atoms with van der Waals surface area (Å²) in [5, 5.41) is 5.55. The Morgan fingerprint density at radius 3 is 2.64 bits per heavy atom. The van der Waals surface area contributed by atoms with Gasteiger partial charge in [-0.05, 0) is 42.8 Å². The van der Waals surface area contributed by atoms with Crippen LogP contribution in [0.1, 0.15) is 23.6 Å². The molecule has 0 spiro atoms. The second-order valence-corrected chi connectivity index (χ2v) is 7.75. The van der Waals surface area contributed by atoms with Gasteiger partial charge in [-0.15, -0.1) is 0 Å². The van der Waals surface area contributed by atoms with Crippen LogP contribution < -0.4 is 21.1 Å². The molecular weight excluding hydrogens is 418 g/mol. The van der Waals surface area contributed by atoms with Crippen LogP contribution in [0.15, 0.2) is 66.7 Å². The van der Waals surface area contributed by atoms with Gasteiger partial charge in [-0.1, -0.05) is 42.0 Å². The van der Waals surface area contributed by atoms with Gasteiger partial charge in [0.25, 0.3) is 0 Å². The number of amides is 3. The maximum atomic E-state index is 12.9. The molecule has 0 fully saturated rings. The van der Waals surface area contributed by atoms with E-state index in [9.17, 15) is 9.59 Å². The number of nitrogens with two attached hydrogens (primary N) is 1. The number of imidazole rings is 1. The molecule has 5 N–H and O–H groups in total. The van der Waals surface area contributed by atoms with Gasteiger partial charge in [-0.3, -0.25) is 4.79 Å². The molecule has 1 unspecified atom stereocenters. The van der Waals surface area contributed by atoms with E-state index in [1.54, 1.807) is 12.1 Å². The summed E-state index contributed by atoms with van der Waals surface area (Å²) in [4.78, 5) is 32.4. The van der Waals surface area contributed by atoms with Crippen molar-refractivity contribution in [1.29, 1.82) is 0 Å². The van der Waals surface area contributed by atoms with Gasteiger partial charge in [-0.25, -0.2) is 9.78 Å². The van der Waals surface area contributed by atoms with E-state index in [4.69, 9.17) is 10.5 Å². The molecule has 8 nitrogen and oxygen atoms in total. The van der Waals surface area contributed by atoms with Crippen LogP contribution in [0.25, 0.3) is 22.4 Å². The van der Waals surface area contributed by atoms with Crippen molar-refractivity contribution < 1.29 is 14.3 Å². The standard InChI is InChI=1S/C25H25N5O3/c1-15-6-5-7-16(12-15)20(30-25(26)32)14-23(31)27-21-13-17(10-11-22(21)33-2)24-28-18-8-3-4-9-19(18)29-24/h3-13,20H,14H2,1-2H3,(H,27,31)(H,28,29)(H3,26,30,32). The Hall–Kier alpha value is -4.33. The summed E-state index contributed by atoms with van der Waals surface area (Å²) >= 11 is 0. The predicted molar refractivity (Wildman–Crippen MR) is 128 cm³/mol. The first-order valence-electron chi connectivity index (χ1n) is 10.5. The van der Waals surface area contributed by atoms with E-state index < -0.39 is 12.1 Å². The number of aromatic nitrogens is 2. The van der Waals surface area contributed by atoms with Crippen LogP contribution in [-0.4, -0.2) is 29.0 Å². The number of rotatable bonds is 7. The third-order valence-electron chi connectivity index (χ3n) is 5.29. The maximum absolute atomic E-state index is 12.9. The number of nitrogens with zero attached hydrogens (tertiary/aromatic N) is 1. The summed E-state index contributed by atoms with van der Waals surface area (Å²) < 4.78 is 5.43. The van der Waals surface area contributed by atoms with E-state index in [-0.39, 0.29) is 12.3 Å². The Morgan fingerprint density at radius 1 is 1.09 bits per heavy atom. The molecule has 1 heterocycles. The SMILES string of the molecule is COc1ccc(-c2nc3ccccc3[nH]2)cc1NC(=O)CC(NC(N)=O)c1cccc(C)c1. The van der Waals surface area contributed by atoms with Gasteiger partial charge in [0, 0.05) is 5.56 Å².